The lowest BCUT2D eigenvalue weighted by Crippen LogP contribution is -2.34. The molecule has 3 heteroatoms. The molecule has 0 fully saturated rings. The molecule has 0 bridgehead atoms. The van der Waals surface area contributed by atoms with Crippen LogP contribution in [0.15, 0.2) is 24.3 Å². The fourth-order valence-corrected chi connectivity index (χ4v) is 3.05. The molecule has 0 aromatic heterocycles. The molecule has 0 amide bonds. The molecular weight excluding hydrogens is 266 g/mol. The minimum atomic E-state index is 0.543. The average Bonchev–Trinajstić information content (AvgIpc) is 2.49. The van der Waals surface area contributed by atoms with Crippen LogP contribution in [0.5, 0.6) is 5.75 Å². The first-order valence-electron chi connectivity index (χ1n) is 7.67. The van der Waals surface area contributed by atoms with Gasteiger partial charge in [0, 0.05) is 17.0 Å². The maximum absolute atomic E-state index is 5.31. The second-order valence-electron chi connectivity index (χ2n) is 5.26. The van der Waals surface area contributed by atoms with Crippen molar-refractivity contribution in [1.29, 1.82) is 0 Å². The van der Waals surface area contributed by atoms with Crippen molar-refractivity contribution >= 4 is 11.8 Å². The van der Waals surface area contributed by atoms with Gasteiger partial charge in [0.2, 0.25) is 0 Å². The summed E-state index contributed by atoms with van der Waals surface area (Å²) >= 11 is 2.07. The number of ether oxygens (including phenoxy) is 1. The molecule has 1 aromatic carbocycles. The SMILES string of the molecule is CCCNC(CSC(C)CC)Cc1cccc(OC)c1. The summed E-state index contributed by atoms with van der Waals surface area (Å²) in [4.78, 5) is 0. The Bertz CT molecular complexity index is 370. The van der Waals surface area contributed by atoms with E-state index in [0.717, 1.165) is 24.0 Å². The molecule has 1 rings (SSSR count). The van der Waals surface area contributed by atoms with E-state index < -0.39 is 0 Å². The molecule has 0 radical (unpaired) electrons. The normalized spacial score (nSPS) is 14.0. The van der Waals surface area contributed by atoms with E-state index >= 15 is 0 Å². The fourth-order valence-electron chi connectivity index (χ4n) is 2.02. The van der Waals surface area contributed by atoms with E-state index in [-0.39, 0.29) is 0 Å². The van der Waals surface area contributed by atoms with Crippen molar-refractivity contribution in [1.82, 2.24) is 5.32 Å². The zero-order valence-corrected chi connectivity index (χ0v) is 14.1. The largest absolute Gasteiger partial charge is 0.497 e. The number of methoxy groups -OCH3 is 1. The summed E-state index contributed by atoms with van der Waals surface area (Å²) in [7, 11) is 1.73. The second kappa shape index (κ2) is 10.1. The smallest absolute Gasteiger partial charge is 0.119 e. The van der Waals surface area contributed by atoms with Crippen LogP contribution in [-0.2, 0) is 6.42 Å². The van der Waals surface area contributed by atoms with Gasteiger partial charge in [-0.05, 0) is 43.5 Å². The van der Waals surface area contributed by atoms with Gasteiger partial charge in [-0.1, -0.05) is 32.9 Å². The highest BCUT2D eigenvalue weighted by Crippen LogP contribution is 2.18. The average molecular weight is 295 g/mol. The molecule has 0 aliphatic heterocycles. The van der Waals surface area contributed by atoms with Crippen LogP contribution in [0.1, 0.15) is 39.2 Å². The van der Waals surface area contributed by atoms with Crippen molar-refractivity contribution in [2.24, 2.45) is 0 Å². The first kappa shape index (κ1) is 17.4. The number of hydrogen-bond donors (Lipinski definition) is 1. The molecule has 0 spiro atoms. The zero-order valence-electron chi connectivity index (χ0n) is 13.3. The maximum atomic E-state index is 5.31. The zero-order chi connectivity index (χ0) is 14.8. The van der Waals surface area contributed by atoms with Crippen molar-refractivity contribution < 1.29 is 4.74 Å². The number of benzene rings is 1. The lowest BCUT2D eigenvalue weighted by Gasteiger charge is -2.20. The van der Waals surface area contributed by atoms with E-state index in [0.29, 0.717) is 6.04 Å². The van der Waals surface area contributed by atoms with E-state index in [1.54, 1.807) is 7.11 Å². The standard InChI is InChI=1S/C17H29NOS/c1-5-10-18-16(13-20-14(3)6-2)11-15-8-7-9-17(12-15)19-4/h7-9,12,14,16,18H,5-6,10-11,13H2,1-4H3. The van der Waals surface area contributed by atoms with Gasteiger partial charge in [0.25, 0.3) is 0 Å². The lowest BCUT2D eigenvalue weighted by molar-refractivity contribution is 0.414. The van der Waals surface area contributed by atoms with E-state index in [1.807, 2.05) is 6.07 Å². The molecule has 0 aliphatic carbocycles. The summed E-state index contributed by atoms with van der Waals surface area (Å²) in [5.41, 5.74) is 1.35. The lowest BCUT2D eigenvalue weighted by atomic mass is 10.1. The van der Waals surface area contributed by atoms with Crippen LogP contribution in [-0.4, -0.2) is 30.7 Å². The van der Waals surface area contributed by atoms with Crippen LogP contribution in [0.2, 0.25) is 0 Å². The summed E-state index contributed by atoms with van der Waals surface area (Å²) in [6.45, 7) is 7.88. The summed E-state index contributed by atoms with van der Waals surface area (Å²) < 4.78 is 5.31. The Balaban J connectivity index is 2.57. The van der Waals surface area contributed by atoms with Crippen molar-refractivity contribution in [3.05, 3.63) is 29.8 Å². The first-order valence-corrected chi connectivity index (χ1v) is 8.72. The molecule has 2 nitrogen and oxygen atoms in total. The predicted octanol–water partition coefficient (Wildman–Crippen LogP) is 4.14. The van der Waals surface area contributed by atoms with Gasteiger partial charge in [0.05, 0.1) is 7.11 Å². The Kier molecular flexibility index (Phi) is 8.79. The summed E-state index contributed by atoms with van der Waals surface area (Å²) in [5.74, 6) is 2.12. The van der Waals surface area contributed by atoms with Gasteiger partial charge in [-0.15, -0.1) is 0 Å². The number of nitrogens with one attached hydrogen (secondary N) is 1. The van der Waals surface area contributed by atoms with Crippen molar-refractivity contribution in [3.8, 4) is 5.75 Å². The summed E-state index contributed by atoms with van der Waals surface area (Å²) in [5, 5.41) is 4.42. The van der Waals surface area contributed by atoms with Crippen LogP contribution >= 0.6 is 11.8 Å². The van der Waals surface area contributed by atoms with E-state index in [1.165, 1.54) is 24.2 Å². The molecule has 0 heterocycles. The van der Waals surface area contributed by atoms with E-state index in [4.69, 9.17) is 4.74 Å². The second-order valence-corrected chi connectivity index (χ2v) is 6.73. The number of hydrogen-bond acceptors (Lipinski definition) is 3. The summed E-state index contributed by atoms with van der Waals surface area (Å²) in [6.07, 6.45) is 3.49. The highest BCUT2D eigenvalue weighted by molar-refractivity contribution is 7.99. The van der Waals surface area contributed by atoms with Crippen LogP contribution in [0, 0.1) is 0 Å². The van der Waals surface area contributed by atoms with Gasteiger partial charge in [-0.2, -0.15) is 11.8 Å². The minimum absolute atomic E-state index is 0.543. The van der Waals surface area contributed by atoms with E-state index in [2.05, 4.69) is 56.0 Å². The Morgan fingerprint density at radius 2 is 2.10 bits per heavy atom. The third kappa shape index (κ3) is 6.67. The van der Waals surface area contributed by atoms with Gasteiger partial charge in [-0.3, -0.25) is 0 Å². The molecule has 2 unspecified atom stereocenters. The first-order chi connectivity index (χ1) is 9.69. The minimum Gasteiger partial charge on any atom is -0.497 e. The molecule has 0 saturated carbocycles. The van der Waals surface area contributed by atoms with Crippen molar-refractivity contribution in [3.63, 3.8) is 0 Å². The van der Waals surface area contributed by atoms with E-state index in [9.17, 15) is 0 Å². The number of rotatable bonds is 10. The maximum Gasteiger partial charge on any atom is 0.119 e. The summed E-state index contributed by atoms with van der Waals surface area (Å²) in [6, 6.07) is 8.96. The van der Waals surface area contributed by atoms with Crippen LogP contribution in [0.3, 0.4) is 0 Å². The Hall–Kier alpha value is -0.670. The van der Waals surface area contributed by atoms with Gasteiger partial charge < -0.3 is 10.1 Å². The van der Waals surface area contributed by atoms with Crippen LogP contribution < -0.4 is 10.1 Å². The van der Waals surface area contributed by atoms with Crippen molar-refractivity contribution in [2.75, 3.05) is 19.4 Å². The molecule has 114 valence electrons. The highest BCUT2D eigenvalue weighted by atomic mass is 32.2. The third-order valence-corrected chi connectivity index (χ3v) is 4.95. The third-order valence-electron chi connectivity index (χ3n) is 3.46. The van der Waals surface area contributed by atoms with Gasteiger partial charge in [0.15, 0.2) is 0 Å². The molecule has 1 N–H and O–H groups in total. The fraction of sp³-hybridized carbons (Fsp3) is 0.647. The van der Waals surface area contributed by atoms with Crippen LogP contribution in [0.4, 0.5) is 0 Å². The van der Waals surface area contributed by atoms with Gasteiger partial charge in [-0.25, -0.2) is 0 Å². The highest BCUT2D eigenvalue weighted by Gasteiger charge is 2.11. The quantitative estimate of drug-likeness (QED) is 0.701. The Morgan fingerprint density at radius 1 is 1.30 bits per heavy atom. The predicted molar refractivity (Wildman–Crippen MR) is 91.0 cm³/mol. The number of thioether (sulfide) groups is 1. The molecular formula is C17H29NOS. The Morgan fingerprint density at radius 3 is 2.75 bits per heavy atom. The van der Waals surface area contributed by atoms with Gasteiger partial charge >= 0.3 is 0 Å². The molecule has 0 saturated heterocycles. The van der Waals surface area contributed by atoms with Crippen LogP contribution in [0.25, 0.3) is 0 Å². The Labute approximate surface area is 128 Å². The molecule has 0 aliphatic rings. The van der Waals surface area contributed by atoms with Crippen molar-refractivity contribution in [2.45, 2.75) is 51.3 Å². The van der Waals surface area contributed by atoms with Gasteiger partial charge in [0.1, 0.15) is 5.75 Å². The molecule has 1 aromatic rings. The molecule has 20 heavy (non-hydrogen) atoms. The monoisotopic (exact) mass is 295 g/mol. The molecule has 2 atom stereocenters. The topological polar surface area (TPSA) is 21.3 Å².